The first-order valence-electron chi connectivity index (χ1n) is 6.93. The number of halogens is 1. The maximum Gasteiger partial charge on any atom is 0.328 e. The van der Waals surface area contributed by atoms with Gasteiger partial charge in [0.1, 0.15) is 0 Å². The van der Waals surface area contributed by atoms with Crippen molar-refractivity contribution in [2.75, 3.05) is 18.0 Å². The van der Waals surface area contributed by atoms with Crippen molar-refractivity contribution in [2.24, 2.45) is 5.92 Å². The average molecular weight is 296 g/mol. The molecule has 0 aliphatic rings. The standard InChI is InChI=1S/C16H22ClNO2/c1-4-12(3)11-18(5-2)15-10-14(17)8-6-13(15)7-9-16(19)20/h6-10,12H,4-5,11H2,1-3H3,(H,19,20)/b9-7+. The molecule has 110 valence electrons. The monoisotopic (exact) mass is 295 g/mol. The summed E-state index contributed by atoms with van der Waals surface area (Å²) in [5.74, 6) is -0.374. The van der Waals surface area contributed by atoms with Gasteiger partial charge in [-0.25, -0.2) is 4.79 Å². The predicted molar refractivity (Wildman–Crippen MR) is 85.5 cm³/mol. The first kappa shape index (κ1) is 16.6. The maximum absolute atomic E-state index is 10.7. The molecule has 20 heavy (non-hydrogen) atoms. The second-order valence-electron chi connectivity index (χ2n) is 4.93. The summed E-state index contributed by atoms with van der Waals surface area (Å²) in [7, 11) is 0. The van der Waals surface area contributed by atoms with Crippen LogP contribution in [-0.4, -0.2) is 24.2 Å². The Bertz CT molecular complexity index is 485. The van der Waals surface area contributed by atoms with Crippen molar-refractivity contribution in [1.82, 2.24) is 0 Å². The summed E-state index contributed by atoms with van der Waals surface area (Å²) in [5, 5.41) is 9.44. The number of carboxylic acid groups (broad SMARTS) is 1. The van der Waals surface area contributed by atoms with Gasteiger partial charge in [0.2, 0.25) is 0 Å². The molecule has 4 heteroatoms. The van der Waals surface area contributed by atoms with E-state index < -0.39 is 5.97 Å². The molecule has 0 bridgehead atoms. The summed E-state index contributed by atoms with van der Waals surface area (Å²) in [6.45, 7) is 8.26. The Labute approximate surface area is 125 Å². The van der Waals surface area contributed by atoms with E-state index in [4.69, 9.17) is 16.7 Å². The highest BCUT2D eigenvalue weighted by Gasteiger charge is 2.12. The van der Waals surface area contributed by atoms with E-state index in [1.54, 1.807) is 12.1 Å². The fourth-order valence-electron chi connectivity index (χ4n) is 2.00. The van der Waals surface area contributed by atoms with Crippen LogP contribution in [0.5, 0.6) is 0 Å². The fraction of sp³-hybridized carbons (Fsp3) is 0.438. The number of anilines is 1. The lowest BCUT2D eigenvalue weighted by molar-refractivity contribution is -0.131. The van der Waals surface area contributed by atoms with Gasteiger partial charge in [0.05, 0.1) is 0 Å². The van der Waals surface area contributed by atoms with E-state index in [0.29, 0.717) is 10.9 Å². The quantitative estimate of drug-likeness (QED) is 0.762. The topological polar surface area (TPSA) is 40.5 Å². The second-order valence-corrected chi connectivity index (χ2v) is 5.36. The summed E-state index contributed by atoms with van der Waals surface area (Å²) in [4.78, 5) is 12.9. The fourth-order valence-corrected chi connectivity index (χ4v) is 2.16. The van der Waals surface area contributed by atoms with Crippen molar-refractivity contribution < 1.29 is 9.90 Å². The van der Waals surface area contributed by atoms with E-state index in [2.05, 4.69) is 25.7 Å². The highest BCUT2D eigenvalue weighted by molar-refractivity contribution is 6.31. The van der Waals surface area contributed by atoms with Crippen LogP contribution in [0.15, 0.2) is 24.3 Å². The van der Waals surface area contributed by atoms with Gasteiger partial charge in [0.25, 0.3) is 0 Å². The van der Waals surface area contributed by atoms with Gasteiger partial charge in [-0.2, -0.15) is 0 Å². The Kier molecular flexibility index (Phi) is 6.59. The van der Waals surface area contributed by atoms with Crippen molar-refractivity contribution in [3.63, 3.8) is 0 Å². The molecule has 1 atom stereocenters. The van der Waals surface area contributed by atoms with Crippen molar-refractivity contribution >= 4 is 29.3 Å². The van der Waals surface area contributed by atoms with Gasteiger partial charge in [-0.3, -0.25) is 0 Å². The van der Waals surface area contributed by atoms with Gasteiger partial charge in [-0.1, -0.05) is 37.9 Å². The number of nitrogens with zero attached hydrogens (tertiary/aromatic N) is 1. The molecule has 1 unspecified atom stereocenters. The minimum Gasteiger partial charge on any atom is -0.478 e. The van der Waals surface area contributed by atoms with Gasteiger partial charge < -0.3 is 10.0 Å². The van der Waals surface area contributed by atoms with E-state index >= 15 is 0 Å². The Morgan fingerprint density at radius 1 is 1.45 bits per heavy atom. The summed E-state index contributed by atoms with van der Waals surface area (Å²) in [6.07, 6.45) is 3.88. The molecule has 1 aromatic rings. The van der Waals surface area contributed by atoms with Crippen LogP contribution in [0, 0.1) is 5.92 Å². The molecule has 0 aliphatic heterocycles. The number of carboxylic acids is 1. The molecule has 0 fully saturated rings. The third-order valence-electron chi connectivity index (χ3n) is 3.35. The molecular formula is C16H22ClNO2. The van der Waals surface area contributed by atoms with Gasteiger partial charge in [0, 0.05) is 29.9 Å². The maximum atomic E-state index is 10.7. The zero-order valence-corrected chi connectivity index (χ0v) is 13.0. The van der Waals surface area contributed by atoms with E-state index in [9.17, 15) is 4.79 Å². The van der Waals surface area contributed by atoms with Crippen LogP contribution in [0.25, 0.3) is 6.08 Å². The van der Waals surface area contributed by atoms with Crippen molar-refractivity contribution in [3.05, 3.63) is 34.9 Å². The Hall–Kier alpha value is -1.48. The van der Waals surface area contributed by atoms with Crippen LogP contribution < -0.4 is 4.90 Å². The molecule has 1 rings (SSSR count). The molecule has 0 radical (unpaired) electrons. The van der Waals surface area contributed by atoms with Crippen molar-refractivity contribution in [1.29, 1.82) is 0 Å². The van der Waals surface area contributed by atoms with Crippen LogP contribution in [0.3, 0.4) is 0 Å². The summed E-state index contributed by atoms with van der Waals surface area (Å²) in [5.41, 5.74) is 1.86. The first-order valence-corrected chi connectivity index (χ1v) is 7.31. The van der Waals surface area contributed by atoms with Crippen molar-refractivity contribution in [3.8, 4) is 0 Å². The molecule has 0 spiro atoms. The highest BCUT2D eigenvalue weighted by atomic mass is 35.5. The van der Waals surface area contributed by atoms with Crippen LogP contribution in [0.4, 0.5) is 5.69 Å². The molecule has 3 nitrogen and oxygen atoms in total. The number of hydrogen-bond acceptors (Lipinski definition) is 2. The molecular weight excluding hydrogens is 274 g/mol. The minimum atomic E-state index is -0.948. The number of rotatable bonds is 7. The van der Waals surface area contributed by atoms with E-state index in [1.807, 2.05) is 12.1 Å². The predicted octanol–water partition coefficient (Wildman–Crippen LogP) is 4.31. The van der Waals surface area contributed by atoms with E-state index in [0.717, 1.165) is 36.8 Å². The molecule has 0 aliphatic carbocycles. The smallest absolute Gasteiger partial charge is 0.328 e. The third-order valence-corrected chi connectivity index (χ3v) is 3.58. The summed E-state index contributed by atoms with van der Waals surface area (Å²) in [6, 6.07) is 5.54. The van der Waals surface area contributed by atoms with Gasteiger partial charge in [-0.15, -0.1) is 0 Å². The van der Waals surface area contributed by atoms with Gasteiger partial charge in [0.15, 0.2) is 0 Å². The summed E-state index contributed by atoms with van der Waals surface area (Å²) >= 11 is 6.08. The zero-order chi connectivity index (χ0) is 15.1. The number of benzene rings is 1. The third kappa shape index (κ3) is 4.89. The van der Waals surface area contributed by atoms with E-state index in [-0.39, 0.29) is 0 Å². The Morgan fingerprint density at radius 2 is 2.15 bits per heavy atom. The highest BCUT2D eigenvalue weighted by Crippen LogP contribution is 2.27. The van der Waals surface area contributed by atoms with Crippen LogP contribution >= 0.6 is 11.6 Å². The second kappa shape index (κ2) is 7.95. The Morgan fingerprint density at radius 3 is 2.70 bits per heavy atom. The number of carbonyl (C=O) groups is 1. The number of hydrogen-bond donors (Lipinski definition) is 1. The van der Waals surface area contributed by atoms with Crippen molar-refractivity contribution in [2.45, 2.75) is 27.2 Å². The molecule has 0 saturated carbocycles. The van der Waals surface area contributed by atoms with E-state index in [1.165, 1.54) is 0 Å². The largest absolute Gasteiger partial charge is 0.478 e. The van der Waals surface area contributed by atoms with Gasteiger partial charge in [-0.05, 0) is 36.6 Å². The molecule has 0 aromatic heterocycles. The SMILES string of the molecule is CCC(C)CN(CC)c1cc(Cl)ccc1/C=C/C(=O)O. The lowest BCUT2D eigenvalue weighted by Gasteiger charge is -2.28. The zero-order valence-electron chi connectivity index (χ0n) is 12.3. The van der Waals surface area contributed by atoms with Crippen LogP contribution in [0.1, 0.15) is 32.8 Å². The average Bonchev–Trinajstić information content (AvgIpc) is 2.42. The first-order chi connectivity index (χ1) is 9.47. The Balaban J connectivity index is 3.11. The van der Waals surface area contributed by atoms with Gasteiger partial charge >= 0.3 is 5.97 Å². The molecule has 1 aromatic carbocycles. The minimum absolute atomic E-state index is 0.574. The molecule has 0 saturated heterocycles. The molecule has 1 N–H and O–H groups in total. The molecule has 0 heterocycles. The molecule has 0 amide bonds. The van der Waals surface area contributed by atoms with Crippen LogP contribution in [-0.2, 0) is 4.79 Å². The number of aliphatic carboxylic acids is 1. The normalized spacial score (nSPS) is 12.6. The summed E-state index contributed by atoms with van der Waals surface area (Å²) < 4.78 is 0. The lowest BCUT2D eigenvalue weighted by atomic mass is 10.1. The lowest BCUT2D eigenvalue weighted by Crippen LogP contribution is -2.28. The van der Waals surface area contributed by atoms with Crippen LogP contribution in [0.2, 0.25) is 5.02 Å².